The fraction of sp³-hybridized carbons (Fsp3) is 0.862. The van der Waals surface area contributed by atoms with E-state index in [0.29, 0.717) is 17.4 Å². The number of aliphatic hydroxyl groups is 1. The molecule has 0 aromatic heterocycles. The second-order valence-electron chi connectivity index (χ2n) is 23.1. The van der Waals surface area contributed by atoms with Crippen molar-refractivity contribution in [2.45, 2.75) is 321 Å². The van der Waals surface area contributed by atoms with Crippen molar-refractivity contribution in [3.63, 3.8) is 0 Å². The molecular formula is C65H125N2O6P. The van der Waals surface area contributed by atoms with Crippen molar-refractivity contribution in [3.8, 4) is 0 Å². The molecule has 0 rings (SSSR count). The zero-order valence-electron chi connectivity index (χ0n) is 49.8. The van der Waals surface area contributed by atoms with Crippen LogP contribution in [-0.4, -0.2) is 68.5 Å². The number of quaternary nitrogens is 1. The van der Waals surface area contributed by atoms with Gasteiger partial charge in [0.2, 0.25) is 5.91 Å². The average Bonchev–Trinajstić information content (AvgIpc) is 3.36. The van der Waals surface area contributed by atoms with E-state index < -0.39 is 26.6 Å². The van der Waals surface area contributed by atoms with Crippen molar-refractivity contribution < 1.29 is 32.9 Å². The third-order valence-corrected chi connectivity index (χ3v) is 15.5. The summed E-state index contributed by atoms with van der Waals surface area (Å²) in [7, 11) is 1.25. The van der Waals surface area contributed by atoms with Gasteiger partial charge in [-0.3, -0.25) is 9.36 Å². The lowest BCUT2D eigenvalue weighted by Crippen LogP contribution is -2.45. The highest BCUT2D eigenvalue weighted by Gasteiger charge is 2.23. The van der Waals surface area contributed by atoms with Crippen LogP contribution in [0.4, 0.5) is 0 Å². The van der Waals surface area contributed by atoms with Crippen LogP contribution in [0.15, 0.2) is 48.6 Å². The highest BCUT2D eigenvalue weighted by Crippen LogP contribution is 2.38. The summed E-state index contributed by atoms with van der Waals surface area (Å²) in [5.74, 6) is -0.204. The summed E-state index contributed by atoms with van der Waals surface area (Å²) in [6.45, 7) is 4.65. The first kappa shape index (κ1) is 72.5. The number of carbonyl (C=O) groups is 1. The van der Waals surface area contributed by atoms with E-state index in [-0.39, 0.29) is 12.5 Å². The van der Waals surface area contributed by atoms with Crippen LogP contribution < -0.4 is 10.2 Å². The first-order valence-corrected chi connectivity index (χ1v) is 33.5. The van der Waals surface area contributed by atoms with Gasteiger partial charge in [-0.2, -0.15) is 0 Å². The maximum Gasteiger partial charge on any atom is 0.268 e. The summed E-state index contributed by atoms with van der Waals surface area (Å²) in [6.07, 6.45) is 75.2. The molecule has 0 aromatic rings. The summed E-state index contributed by atoms with van der Waals surface area (Å²) in [5, 5.41) is 13.9. The monoisotopic (exact) mass is 1060 g/mol. The molecule has 0 fully saturated rings. The van der Waals surface area contributed by atoms with Gasteiger partial charge < -0.3 is 28.8 Å². The van der Waals surface area contributed by atoms with Crippen LogP contribution in [0.1, 0.15) is 309 Å². The largest absolute Gasteiger partial charge is 0.756 e. The van der Waals surface area contributed by atoms with Crippen LogP contribution >= 0.6 is 7.82 Å². The predicted octanol–water partition coefficient (Wildman–Crippen LogP) is 19.2. The van der Waals surface area contributed by atoms with Crippen molar-refractivity contribution in [2.24, 2.45) is 0 Å². The number of carbonyl (C=O) groups excluding carboxylic acids is 1. The lowest BCUT2D eigenvalue weighted by atomic mass is 10.0. The Hall–Kier alpha value is -1.54. The van der Waals surface area contributed by atoms with E-state index in [0.717, 1.165) is 44.9 Å². The van der Waals surface area contributed by atoms with Gasteiger partial charge in [0.1, 0.15) is 13.2 Å². The van der Waals surface area contributed by atoms with Gasteiger partial charge in [0.25, 0.3) is 7.82 Å². The third kappa shape index (κ3) is 58.1. The molecule has 0 saturated heterocycles. The molecular weight excluding hydrogens is 936 g/mol. The van der Waals surface area contributed by atoms with Crippen LogP contribution in [-0.2, 0) is 18.4 Å². The molecule has 0 radical (unpaired) electrons. The maximum absolute atomic E-state index is 13.0. The second kappa shape index (κ2) is 56.2. The normalized spacial score (nSPS) is 14.1. The summed E-state index contributed by atoms with van der Waals surface area (Å²) in [6, 6.07) is -0.903. The Balaban J connectivity index is 3.98. The molecule has 74 heavy (non-hydrogen) atoms. The molecule has 9 heteroatoms. The number of allylic oxidation sites excluding steroid dienone is 7. The fourth-order valence-corrected chi connectivity index (χ4v) is 10.2. The minimum atomic E-state index is -4.60. The standard InChI is InChI=1S/C65H125N2O6P/c1-6-8-10-12-14-16-18-20-22-23-24-25-26-27-28-29-30-31-32-33-34-35-36-37-38-39-40-41-42-43-45-47-49-51-53-55-57-59-65(69)66-63(62-73-74(70,71)72-61-60-67(3,4)5)64(68)58-56-54-52-50-48-46-44-21-19-17-15-13-11-9-7-2/h28-29,31-32,48,50,56,58,63-64,68H,6-27,30,33-47,49,51-55,57,59-62H2,1-5H3,(H-,66,69,70,71)/b29-28-,32-31-,50-48+,58-56+. The quantitative estimate of drug-likeness (QED) is 0.0272. The summed E-state index contributed by atoms with van der Waals surface area (Å²) in [5.41, 5.74) is 0. The maximum atomic E-state index is 13.0. The van der Waals surface area contributed by atoms with Crippen LogP contribution in [0.3, 0.4) is 0 Å². The molecule has 1 amide bonds. The Labute approximate surface area is 460 Å². The molecule has 0 spiro atoms. The van der Waals surface area contributed by atoms with Gasteiger partial charge in [-0.25, -0.2) is 0 Å². The number of hydrogen-bond acceptors (Lipinski definition) is 6. The van der Waals surface area contributed by atoms with Crippen LogP contribution in [0.25, 0.3) is 0 Å². The second-order valence-corrected chi connectivity index (χ2v) is 24.5. The van der Waals surface area contributed by atoms with Gasteiger partial charge >= 0.3 is 0 Å². The minimum Gasteiger partial charge on any atom is -0.756 e. The first-order valence-electron chi connectivity index (χ1n) is 32.0. The van der Waals surface area contributed by atoms with Gasteiger partial charge in [-0.05, 0) is 64.2 Å². The Morgan fingerprint density at radius 3 is 1.18 bits per heavy atom. The highest BCUT2D eigenvalue weighted by molar-refractivity contribution is 7.45. The summed E-state index contributed by atoms with van der Waals surface area (Å²) < 4.78 is 23.3. The topological polar surface area (TPSA) is 108 Å². The number of rotatable bonds is 59. The minimum absolute atomic E-state index is 0.00604. The number of aliphatic hydroxyl groups excluding tert-OH is 1. The van der Waals surface area contributed by atoms with Crippen molar-refractivity contribution in [1.82, 2.24) is 5.32 Å². The fourth-order valence-electron chi connectivity index (χ4n) is 9.50. The molecule has 0 aromatic carbocycles. The van der Waals surface area contributed by atoms with E-state index in [1.807, 2.05) is 27.2 Å². The molecule has 8 nitrogen and oxygen atoms in total. The van der Waals surface area contributed by atoms with Gasteiger partial charge in [0, 0.05) is 6.42 Å². The van der Waals surface area contributed by atoms with Crippen LogP contribution in [0, 0.1) is 0 Å². The van der Waals surface area contributed by atoms with E-state index in [2.05, 4.69) is 55.6 Å². The van der Waals surface area contributed by atoms with Crippen molar-refractivity contribution in [2.75, 3.05) is 40.9 Å². The zero-order chi connectivity index (χ0) is 54.2. The summed E-state index contributed by atoms with van der Waals surface area (Å²) in [4.78, 5) is 25.5. The van der Waals surface area contributed by atoms with Gasteiger partial charge in [0.05, 0.1) is 39.9 Å². The van der Waals surface area contributed by atoms with Crippen molar-refractivity contribution in [1.29, 1.82) is 0 Å². The predicted molar refractivity (Wildman–Crippen MR) is 321 cm³/mol. The molecule has 2 N–H and O–H groups in total. The van der Waals surface area contributed by atoms with Gasteiger partial charge in [0.15, 0.2) is 0 Å². The lowest BCUT2D eigenvalue weighted by molar-refractivity contribution is -0.870. The Morgan fingerprint density at radius 2 is 0.797 bits per heavy atom. The SMILES string of the molecule is CCCCCCCCCCC/C=C/CC/C=C/C(O)C(COP(=O)([O-])OCC[N+](C)(C)C)NC(=O)CCCCCCCCCCCCCCCCCCC/C=C\C/C=C\CCCCCCCCCCCCCCC. The lowest BCUT2D eigenvalue weighted by Gasteiger charge is -2.29. The van der Waals surface area contributed by atoms with E-state index in [1.165, 1.54) is 244 Å². The molecule has 3 unspecified atom stereocenters. The number of phosphoric ester groups is 1. The number of amides is 1. The average molecular weight is 1060 g/mol. The molecule has 0 aliphatic heterocycles. The van der Waals surface area contributed by atoms with E-state index >= 15 is 0 Å². The number of nitrogens with one attached hydrogen (secondary N) is 1. The van der Waals surface area contributed by atoms with Gasteiger partial charge in [-0.15, -0.1) is 0 Å². The van der Waals surface area contributed by atoms with Crippen molar-refractivity contribution in [3.05, 3.63) is 48.6 Å². The Morgan fingerprint density at radius 1 is 0.473 bits per heavy atom. The highest BCUT2D eigenvalue weighted by atomic mass is 31.2. The number of likely N-dealkylation sites (N-methyl/N-ethyl adjacent to an activating group) is 1. The molecule has 0 saturated carbocycles. The molecule has 3 atom stereocenters. The van der Waals surface area contributed by atoms with Crippen LogP contribution in [0.5, 0.6) is 0 Å². The zero-order valence-corrected chi connectivity index (χ0v) is 50.7. The molecule has 0 bridgehead atoms. The van der Waals surface area contributed by atoms with E-state index in [1.54, 1.807) is 6.08 Å². The van der Waals surface area contributed by atoms with Crippen molar-refractivity contribution >= 4 is 13.7 Å². The number of phosphoric acid groups is 1. The smallest absolute Gasteiger partial charge is 0.268 e. The molecule has 0 aliphatic carbocycles. The number of nitrogens with zero attached hydrogens (tertiary/aromatic N) is 1. The Kier molecular flexibility index (Phi) is 55.0. The number of hydrogen-bond donors (Lipinski definition) is 2. The summed E-state index contributed by atoms with van der Waals surface area (Å²) >= 11 is 0. The first-order chi connectivity index (χ1) is 36.0. The molecule has 0 aliphatic rings. The van der Waals surface area contributed by atoms with E-state index in [9.17, 15) is 19.4 Å². The number of unbranched alkanes of at least 4 members (excludes halogenated alkanes) is 40. The molecule has 0 heterocycles. The van der Waals surface area contributed by atoms with Crippen LogP contribution in [0.2, 0.25) is 0 Å². The van der Waals surface area contributed by atoms with E-state index in [4.69, 9.17) is 9.05 Å². The molecule has 436 valence electrons. The van der Waals surface area contributed by atoms with Gasteiger partial charge in [-0.1, -0.05) is 287 Å². The third-order valence-electron chi connectivity index (χ3n) is 14.5. The Bertz CT molecular complexity index is 1340.